The van der Waals surface area contributed by atoms with Gasteiger partial charge in [0.05, 0.1) is 7.11 Å². The normalized spacial score (nSPS) is 12.2. The fourth-order valence-corrected chi connectivity index (χ4v) is 2.61. The van der Waals surface area contributed by atoms with E-state index in [1.54, 1.807) is 26.2 Å². The Morgan fingerprint density at radius 2 is 2.04 bits per heavy atom. The quantitative estimate of drug-likeness (QED) is 0.676. The first kappa shape index (κ1) is 18.7. The molecule has 0 bridgehead atoms. The number of benzene rings is 1. The first-order chi connectivity index (χ1) is 13.0. The maximum Gasteiger partial charge on any atom is 0.287 e. The predicted molar refractivity (Wildman–Crippen MR) is 99.4 cm³/mol. The van der Waals surface area contributed by atoms with Gasteiger partial charge in [0.2, 0.25) is 5.89 Å². The van der Waals surface area contributed by atoms with E-state index in [4.69, 9.17) is 13.7 Å². The van der Waals surface area contributed by atoms with E-state index in [1.807, 2.05) is 24.3 Å². The molecule has 7 nitrogen and oxygen atoms in total. The summed E-state index contributed by atoms with van der Waals surface area (Å²) in [6.45, 7) is 5.95. The molecular weight excluding hydrogens is 346 g/mol. The molecule has 0 radical (unpaired) electrons. The molecule has 3 aromatic rings. The lowest BCUT2D eigenvalue weighted by molar-refractivity contribution is 0.0905. The maximum absolute atomic E-state index is 12.5. The SMILES string of the molecule is COc1cccc(-c2ccc(C(=O)N[C@H](C)c3nc(CC(C)C)no3)o2)c1. The largest absolute Gasteiger partial charge is 0.497 e. The highest BCUT2D eigenvalue weighted by Gasteiger charge is 2.20. The summed E-state index contributed by atoms with van der Waals surface area (Å²) in [5, 5.41) is 6.76. The van der Waals surface area contributed by atoms with E-state index in [2.05, 4.69) is 29.3 Å². The standard InChI is InChI=1S/C20H23N3O4/c1-12(2)10-18-22-20(27-23-18)13(3)21-19(24)17-9-8-16(26-17)14-6-5-7-15(11-14)25-4/h5-9,11-13H,10H2,1-4H3,(H,21,24)/t13-/m1/s1. The van der Waals surface area contributed by atoms with Gasteiger partial charge in [-0.1, -0.05) is 31.1 Å². The Morgan fingerprint density at radius 1 is 1.22 bits per heavy atom. The van der Waals surface area contributed by atoms with Crippen LogP contribution in [0.1, 0.15) is 49.1 Å². The third kappa shape index (κ3) is 4.55. The van der Waals surface area contributed by atoms with Crippen molar-refractivity contribution in [2.45, 2.75) is 33.2 Å². The minimum Gasteiger partial charge on any atom is -0.497 e. The second-order valence-electron chi connectivity index (χ2n) is 6.74. The average molecular weight is 369 g/mol. The van der Waals surface area contributed by atoms with Crippen LogP contribution in [0.3, 0.4) is 0 Å². The van der Waals surface area contributed by atoms with Crippen LogP contribution in [0.4, 0.5) is 0 Å². The fourth-order valence-electron chi connectivity index (χ4n) is 2.61. The Morgan fingerprint density at radius 3 is 2.78 bits per heavy atom. The number of ether oxygens (including phenoxy) is 1. The number of carbonyl (C=O) groups is 1. The molecule has 3 rings (SSSR count). The van der Waals surface area contributed by atoms with Crippen LogP contribution in [-0.2, 0) is 6.42 Å². The summed E-state index contributed by atoms with van der Waals surface area (Å²) in [5.41, 5.74) is 0.830. The number of carbonyl (C=O) groups excluding carboxylic acids is 1. The van der Waals surface area contributed by atoms with Crippen molar-refractivity contribution in [1.29, 1.82) is 0 Å². The summed E-state index contributed by atoms with van der Waals surface area (Å²) in [4.78, 5) is 16.8. The van der Waals surface area contributed by atoms with Gasteiger partial charge in [-0.3, -0.25) is 4.79 Å². The molecule has 0 spiro atoms. The van der Waals surface area contributed by atoms with Gasteiger partial charge in [0.1, 0.15) is 17.6 Å². The Balaban J connectivity index is 1.67. The van der Waals surface area contributed by atoms with Crippen LogP contribution in [-0.4, -0.2) is 23.2 Å². The third-order valence-corrected chi connectivity index (χ3v) is 3.98. The molecule has 142 valence electrons. The molecule has 27 heavy (non-hydrogen) atoms. The number of rotatable bonds is 7. The summed E-state index contributed by atoms with van der Waals surface area (Å²) >= 11 is 0. The minimum absolute atomic E-state index is 0.210. The number of nitrogens with one attached hydrogen (secondary N) is 1. The topological polar surface area (TPSA) is 90.4 Å². The highest BCUT2D eigenvalue weighted by molar-refractivity contribution is 5.92. The zero-order chi connectivity index (χ0) is 19.4. The molecule has 2 aromatic heterocycles. The number of furan rings is 1. The molecule has 0 saturated carbocycles. The number of amides is 1. The molecule has 7 heteroatoms. The van der Waals surface area contributed by atoms with Crippen LogP contribution in [0.2, 0.25) is 0 Å². The van der Waals surface area contributed by atoms with Crippen molar-refractivity contribution < 1.29 is 18.5 Å². The second kappa shape index (κ2) is 8.07. The van der Waals surface area contributed by atoms with E-state index in [0.717, 1.165) is 17.7 Å². The van der Waals surface area contributed by atoms with E-state index >= 15 is 0 Å². The Bertz CT molecular complexity index is 913. The van der Waals surface area contributed by atoms with Gasteiger partial charge < -0.3 is 19.0 Å². The summed E-state index contributed by atoms with van der Waals surface area (Å²) < 4.78 is 16.1. The number of methoxy groups -OCH3 is 1. The Labute approximate surface area is 157 Å². The Kier molecular flexibility index (Phi) is 5.59. The van der Waals surface area contributed by atoms with Crippen LogP contribution >= 0.6 is 0 Å². The van der Waals surface area contributed by atoms with Crippen molar-refractivity contribution in [2.75, 3.05) is 7.11 Å². The van der Waals surface area contributed by atoms with Crippen molar-refractivity contribution >= 4 is 5.91 Å². The highest BCUT2D eigenvalue weighted by Crippen LogP contribution is 2.26. The van der Waals surface area contributed by atoms with Gasteiger partial charge in [0.15, 0.2) is 11.6 Å². The maximum atomic E-state index is 12.5. The predicted octanol–water partition coefficient (Wildman–Crippen LogP) is 4.03. The molecule has 1 atom stereocenters. The van der Waals surface area contributed by atoms with E-state index in [0.29, 0.717) is 23.4 Å². The monoisotopic (exact) mass is 369 g/mol. The van der Waals surface area contributed by atoms with Crippen LogP contribution in [0.25, 0.3) is 11.3 Å². The van der Waals surface area contributed by atoms with Gasteiger partial charge in [0.25, 0.3) is 5.91 Å². The van der Waals surface area contributed by atoms with Crippen LogP contribution in [0.15, 0.2) is 45.3 Å². The Hall–Kier alpha value is -3.09. The lowest BCUT2D eigenvalue weighted by Crippen LogP contribution is -2.26. The first-order valence-corrected chi connectivity index (χ1v) is 8.84. The molecular formula is C20H23N3O4. The molecule has 0 aliphatic carbocycles. The molecule has 0 fully saturated rings. The van der Waals surface area contributed by atoms with Crippen molar-refractivity contribution in [3.8, 4) is 17.1 Å². The van der Waals surface area contributed by atoms with Gasteiger partial charge in [-0.05, 0) is 37.1 Å². The molecule has 0 saturated heterocycles. The van der Waals surface area contributed by atoms with Gasteiger partial charge in [-0.15, -0.1) is 0 Å². The highest BCUT2D eigenvalue weighted by atomic mass is 16.5. The summed E-state index contributed by atoms with van der Waals surface area (Å²) in [7, 11) is 1.60. The lowest BCUT2D eigenvalue weighted by atomic mass is 10.1. The zero-order valence-corrected chi connectivity index (χ0v) is 15.9. The van der Waals surface area contributed by atoms with Crippen LogP contribution < -0.4 is 10.1 Å². The summed E-state index contributed by atoms with van der Waals surface area (Å²) in [5.74, 6) is 2.61. The molecule has 1 aromatic carbocycles. The zero-order valence-electron chi connectivity index (χ0n) is 15.9. The van der Waals surface area contributed by atoms with Crippen molar-refractivity contribution in [3.63, 3.8) is 0 Å². The van der Waals surface area contributed by atoms with E-state index in [9.17, 15) is 4.79 Å². The number of nitrogens with zero attached hydrogens (tertiary/aromatic N) is 2. The van der Waals surface area contributed by atoms with Gasteiger partial charge in [0, 0.05) is 12.0 Å². The molecule has 0 unspecified atom stereocenters. The summed E-state index contributed by atoms with van der Waals surface area (Å²) in [6, 6.07) is 10.4. The van der Waals surface area contributed by atoms with Gasteiger partial charge in [-0.2, -0.15) is 4.98 Å². The molecule has 0 aliphatic heterocycles. The van der Waals surface area contributed by atoms with E-state index < -0.39 is 6.04 Å². The first-order valence-electron chi connectivity index (χ1n) is 8.84. The molecule has 1 amide bonds. The smallest absolute Gasteiger partial charge is 0.287 e. The number of hydrogen-bond acceptors (Lipinski definition) is 6. The van der Waals surface area contributed by atoms with E-state index in [-0.39, 0.29) is 11.7 Å². The summed E-state index contributed by atoms with van der Waals surface area (Å²) in [6.07, 6.45) is 0.728. The number of aromatic nitrogens is 2. The molecule has 0 aliphatic rings. The van der Waals surface area contributed by atoms with Crippen molar-refractivity contribution in [2.24, 2.45) is 5.92 Å². The van der Waals surface area contributed by atoms with E-state index in [1.165, 1.54) is 0 Å². The average Bonchev–Trinajstić information content (AvgIpc) is 3.31. The van der Waals surface area contributed by atoms with Gasteiger partial charge >= 0.3 is 0 Å². The molecule has 2 heterocycles. The second-order valence-corrected chi connectivity index (χ2v) is 6.74. The minimum atomic E-state index is -0.420. The van der Waals surface area contributed by atoms with Gasteiger partial charge in [-0.25, -0.2) is 0 Å². The molecule has 1 N–H and O–H groups in total. The third-order valence-electron chi connectivity index (χ3n) is 3.98. The van der Waals surface area contributed by atoms with Crippen molar-refractivity contribution in [3.05, 3.63) is 53.9 Å². The lowest BCUT2D eigenvalue weighted by Gasteiger charge is -2.08. The van der Waals surface area contributed by atoms with Crippen LogP contribution in [0, 0.1) is 5.92 Å². The van der Waals surface area contributed by atoms with Crippen molar-refractivity contribution in [1.82, 2.24) is 15.5 Å². The number of hydrogen-bond donors (Lipinski definition) is 1. The fraction of sp³-hybridized carbons (Fsp3) is 0.350. The van der Waals surface area contributed by atoms with Crippen LogP contribution in [0.5, 0.6) is 5.75 Å².